The van der Waals surface area contributed by atoms with E-state index in [0.29, 0.717) is 25.7 Å². The molecule has 5 nitrogen and oxygen atoms in total. The highest BCUT2D eigenvalue weighted by Gasteiger charge is 2.38. The maximum absolute atomic E-state index is 12.9. The second-order valence-electron chi connectivity index (χ2n) is 8.19. The summed E-state index contributed by atoms with van der Waals surface area (Å²) in [6, 6.07) is 18.3. The van der Waals surface area contributed by atoms with Crippen LogP contribution in [0.1, 0.15) is 30.9 Å². The molecule has 2 aromatic carbocycles. The molecule has 2 fully saturated rings. The van der Waals surface area contributed by atoms with Gasteiger partial charge in [0.1, 0.15) is 12.4 Å². The van der Waals surface area contributed by atoms with Crippen LogP contribution in [0.4, 0.5) is 0 Å². The van der Waals surface area contributed by atoms with Crippen molar-refractivity contribution in [3.63, 3.8) is 0 Å². The Balaban J connectivity index is 0.00000256. The van der Waals surface area contributed by atoms with E-state index in [4.69, 9.17) is 9.47 Å². The van der Waals surface area contributed by atoms with Crippen LogP contribution in [0.3, 0.4) is 0 Å². The molecule has 2 saturated heterocycles. The van der Waals surface area contributed by atoms with E-state index in [-0.39, 0.29) is 29.8 Å². The van der Waals surface area contributed by atoms with Crippen molar-refractivity contribution in [3.8, 4) is 5.75 Å². The minimum atomic E-state index is -0.362. The molecular formula is C24H31ClN2O3. The summed E-state index contributed by atoms with van der Waals surface area (Å²) in [6.07, 6.45) is 1.58. The van der Waals surface area contributed by atoms with Crippen LogP contribution in [-0.4, -0.2) is 32.2 Å². The largest absolute Gasteiger partial charge is 0.489 e. The zero-order valence-corrected chi connectivity index (χ0v) is 18.3. The Kier molecular flexibility index (Phi) is 7.75. The molecule has 0 radical (unpaired) electrons. The topological polar surface area (TPSA) is 59.6 Å². The Morgan fingerprint density at radius 3 is 2.40 bits per heavy atom. The van der Waals surface area contributed by atoms with Crippen LogP contribution in [0.5, 0.6) is 5.75 Å². The molecule has 162 valence electrons. The summed E-state index contributed by atoms with van der Waals surface area (Å²) in [7, 11) is 0. The van der Waals surface area contributed by atoms with E-state index < -0.39 is 0 Å². The predicted molar refractivity (Wildman–Crippen MR) is 120 cm³/mol. The lowest BCUT2D eigenvalue weighted by Gasteiger charge is -2.41. The molecule has 2 aliphatic rings. The molecule has 30 heavy (non-hydrogen) atoms. The Hall–Kier alpha value is -2.08. The van der Waals surface area contributed by atoms with E-state index in [0.717, 1.165) is 42.8 Å². The lowest BCUT2D eigenvalue weighted by atomic mass is 9.81. The summed E-state index contributed by atoms with van der Waals surface area (Å²) in [4.78, 5) is 12.9. The van der Waals surface area contributed by atoms with Crippen molar-refractivity contribution in [2.24, 2.45) is 11.8 Å². The van der Waals surface area contributed by atoms with Crippen LogP contribution in [-0.2, 0) is 21.7 Å². The van der Waals surface area contributed by atoms with Crippen LogP contribution >= 0.6 is 12.4 Å². The first kappa shape index (κ1) is 22.6. The first-order chi connectivity index (χ1) is 14.2. The summed E-state index contributed by atoms with van der Waals surface area (Å²) in [5.41, 5.74) is 1.91. The van der Waals surface area contributed by atoms with E-state index in [9.17, 15) is 4.79 Å². The number of hydrogen-bond donors (Lipinski definition) is 2. The van der Waals surface area contributed by atoms with Crippen molar-refractivity contribution < 1.29 is 14.3 Å². The number of nitrogens with one attached hydrogen (secondary N) is 2. The average Bonchev–Trinajstić information content (AvgIpc) is 2.73. The fourth-order valence-electron chi connectivity index (χ4n) is 4.05. The quantitative estimate of drug-likeness (QED) is 0.703. The molecule has 0 bridgehead atoms. The molecular weight excluding hydrogens is 400 g/mol. The zero-order valence-electron chi connectivity index (χ0n) is 17.4. The Labute approximate surface area is 184 Å². The van der Waals surface area contributed by atoms with Gasteiger partial charge >= 0.3 is 0 Å². The van der Waals surface area contributed by atoms with Crippen molar-refractivity contribution in [2.75, 3.05) is 26.3 Å². The molecule has 1 atom stereocenters. The molecule has 0 saturated carbocycles. The molecule has 4 rings (SSSR count). The van der Waals surface area contributed by atoms with Gasteiger partial charge in [0.2, 0.25) is 5.91 Å². The summed E-state index contributed by atoms with van der Waals surface area (Å²) >= 11 is 0. The van der Waals surface area contributed by atoms with Gasteiger partial charge in [0.15, 0.2) is 0 Å². The second kappa shape index (κ2) is 10.3. The van der Waals surface area contributed by atoms with Crippen LogP contribution in [0.25, 0.3) is 0 Å². The molecule has 0 aliphatic carbocycles. The second-order valence-corrected chi connectivity index (χ2v) is 8.19. The summed E-state index contributed by atoms with van der Waals surface area (Å²) < 4.78 is 11.5. The molecule has 6 heteroatoms. The van der Waals surface area contributed by atoms with Gasteiger partial charge in [-0.05, 0) is 55.1 Å². The molecule has 0 spiro atoms. The molecule has 2 heterocycles. The van der Waals surface area contributed by atoms with Gasteiger partial charge in [-0.1, -0.05) is 49.4 Å². The summed E-state index contributed by atoms with van der Waals surface area (Å²) in [5.74, 6) is 1.42. The monoisotopic (exact) mass is 430 g/mol. The molecule has 0 aromatic heterocycles. The van der Waals surface area contributed by atoms with Gasteiger partial charge in [0.05, 0.1) is 5.54 Å². The number of halogens is 1. The van der Waals surface area contributed by atoms with Gasteiger partial charge < -0.3 is 20.1 Å². The maximum atomic E-state index is 12.9. The molecule has 1 amide bonds. The lowest BCUT2D eigenvalue weighted by molar-refractivity contribution is -0.130. The van der Waals surface area contributed by atoms with Crippen molar-refractivity contribution in [2.45, 2.75) is 31.9 Å². The summed E-state index contributed by atoms with van der Waals surface area (Å²) in [6.45, 7) is 5.76. The number of carbonyl (C=O) groups excluding carboxylic acids is 1. The Bertz CT molecular complexity index is 803. The van der Waals surface area contributed by atoms with Crippen LogP contribution in [0.15, 0.2) is 54.6 Å². The van der Waals surface area contributed by atoms with Gasteiger partial charge in [0.25, 0.3) is 0 Å². The predicted octanol–water partition coefficient (Wildman–Crippen LogP) is 3.66. The SMILES string of the molecule is CC(C(=O)NC1(c2ccc(OCc3ccccc3)cc2)CCOCC1)C1CNC1.Cl. The van der Waals surface area contributed by atoms with E-state index in [1.54, 1.807) is 0 Å². The normalized spacial score (nSPS) is 19.1. The van der Waals surface area contributed by atoms with Gasteiger partial charge in [0, 0.05) is 19.1 Å². The highest BCUT2D eigenvalue weighted by Crippen LogP contribution is 2.34. The van der Waals surface area contributed by atoms with E-state index in [1.807, 2.05) is 37.3 Å². The molecule has 2 aliphatic heterocycles. The van der Waals surface area contributed by atoms with Crippen molar-refractivity contribution in [1.29, 1.82) is 0 Å². The fourth-order valence-corrected chi connectivity index (χ4v) is 4.05. The highest BCUT2D eigenvalue weighted by molar-refractivity contribution is 5.85. The maximum Gasteiger partial charge on any atom is 0.223 e. The van der Waals surface area contributed by atoms with Gasteiger partial charge in [-0.2, -0.15) is 0 Å². The average molecular weight is 431 g/mol. The number of rotatable bonds is 7. The summed E-state index contributed by atoms with van der Waals surface area (Å²) in [5, 5.41) is 6.65. The minimum Gasteiger partial charge on any atom is -0.489 e. The van der Waals surface area contributed by atoms with Crippen molar-refractivity contribution >= 4 is 18.3 Å². The lowest BCUT2D eigenvalue weighted by Crippen LogP contribution is -2.55. The standard InChI is InChI=1S/C24H30N2O3.ClH/c1-18(20-15-25-16-20)23(27)26-24(11-13-28-14-12-24)21-7-9-22(10-8-21)29-17-19-5-3-2-4-6-19;/h2-10,18,20,25H,11-17H2,1H3,(H,26,27);1H. The zero-order chi connectivity index (χ0) is 20.1. The van der Waals surface area contributed by atoms with Gasteiger partial charge in [-0.15, -0.1) is 12.4 Å². The van der Waals surface area contributed by atoms with E-state index >= 15 is 0 Å². The minimum absolute atomic E-state index is 0. The van der Waals surface area contributed by atoms with Crippen LogP contribution in [0.2, 0.25) is 0 Å². The highest BCUT2D eigenvalue weighted by atomic mass is 35.5. The van der Waals surface area contributed by atoms with E-state index in [2.05, 4.69) is 34.9 Å². The Morgan fingerprint density at radius 1 is 1.13 bits per heavy atom. The Morgan fingerprint density at radius 2 is 1.80 bits per heavy atom. The van der Waals surface area contributed by atoms with Crippen LogP contribution in [0, 0.1) is 11.8 Å². The van der Waals surface area contributed by atoms with Crippen molar-refractivity contribution in [3.05, 3.63) is 65.7 Å². The van der Waals surface area contributed by atoms with Gasteiger partial charge in [-0.25, -0.2) is 0 Å². The number of benzene rings is 2. The van der Waals surface area contributed by atoms with Crippen LogP contribution < -0.4 is 15.4 Å². The molecule has 2 aromatic rings. The number of carbonyl (C=O) groups is 1. The molecule has 2 N–H and O–H groups in total. The first-order valence-corrected chi connectivity index (χ1v) is 10.5. The molecule has 1 unspecified atom stereocenters. The fraction of sp³-hybridized carbons (Fsp3) is 0.458. The third-order valence-corrected chi connectivity index (χ3v) is 6.30. The third-order valence-electron chi connectivity index (χ3n) is 6.30. The third kappa shape index (κ3) is 5.15. The van der Waals surface area contributed by atoms with E-state index in [1.165, 1.54) is 0 Å². The number of ether oxygens (including phenoxy) is 2. The number of hydrogen-bond acceptors (Lipinski definition) is 4. The van der Waals surface area contributed by atoms with Crippen molar-refractivity contribution in [1.82, 2.24) is 10.6 Å². The number of amides is 1. The smallest absolute Gasteiger partial charge is 0.223 e. The van der Waals surface area contributed by atoms with Gasteiger partial charge in [-0.3, -0.25) is 4.79 Å². The first-order valence-electron chi connectivity index (χ1n) is 10.5.